The molecule has 0 saturated heterocycles. The van der Waals surface area contributed by atoms with Crippen molar-refractivity contribution in [1.82, 2.24) is 49.9 Å². The Morgan fingerprint density at radius 2 is 1.12 bits per heavy atom. The number of aromatic nitrogens is 10. The van der Waals surface area contributed by atoms with Gasteiger partial charge in [0, 0.05) is 82.3 Å². The molecule has 6 aromatic heterocycles. The Kier molecular flexibility index (Phi) is 8.99. The maximum Gasteiger partial charge on any atom is 0.231 e. The van der Waals surface area contributed by atoms with Gasteiger partial charge in [0.2, 0.25) is 11.8 Å². The molecule has 2 fully saturated rings. The zero-order chi connectivity index (χ0) is 33.0. The second kappa shape index (κ2) is 13.8. The summed E-state index contributed by atoms with van der Waals surface area (Å²) < 4.78 is 3.18. The summed E-state index contributed by atoms with van der Waals surface area (Å²) in [6.07, 6.45) is 11.8. The molecule has 0 unspecified atom stereocenters. The Hall–Kier alpha value is -5.34. The molecule has 16 heteroatoms. The summed E-state index contributed by atoms with van der Waals surface area (Å²) in [4.78, 5) is 32.6. The van der Waals surface area contributed by atoms with E-state index in [1.54, 1.807) is 70.5 Å². The predicted molar refractivity (Wildman–Crippen MR) is 179 cm³/mol. The fraction of sp³-hybridized carbons (Fsp3) is 0.250. The number of carbonyl (C=O) groups excluding carboxylic acids is 2. The molecule has 2 saturated carbocycles. The molecule has 244 valence electrons. The molecule has 0 bridgehead atoms. The fourth-order valence-corrected chi connectivity index (χ4v) is 5.22. The molecule has 6 aromatic rings. The molecule has 0 aliphatic heterocycles. The van der Waals surface area contributed by atoms with Crippen LogP contribution in [0.25, 0.3) is 11.6 Å². The number of H-pyrrole nitrogens is 2. The minimum absolute atomic E-state index is 0.159. The van der Waals surface area contributed by atoms with E-state index in [0.29, 0.717) is 56.5 Å². The van der Waals surface area contributed by atoms with Crippen molar-refractivity contribution in [1.29, 1.82) is 0 Å². The monoisotopic (exact) mass is 684 g/mol. The number of hydrogen-bond acceptors (Lipinski definition) is 8. The molecule has 4 N–H and O–H groups in total. The molecule has 14 nitrogen and oxygen atoms in total. The van der Waals surface area contributed by atoms with E-state index in [0.717, 1.165) is 11.4 Å². The van der Waals surface area contributed by atoms with Gasteiger partial charge in [-0.25, -0.2) is 19.3 Å². The van der Waals surface area contributed by atoms with Gasteiger partial charge in [-0.1, -0.05) is 23.2 Å². The standard InChI is InChI=1S/2C16H15ClN6O/c2*17-11-3-5-18-15(7-11)23-6-4-12(22-23)8-16(24)19-14-9-13(20-21-14)10-1-2-10/h2*3-7,9-10H,1-2,8H2,(H2,19,20,21,24). The Morgan fingerprint density at radius 1 is 0.688 bits per heavy atom. The Bertz CT molecular complexity index is 1910. The average Bonchev–Trinajstić information content (AvgIpc) is 3.87. The van der Waals surface area contributed by atoms with Crippen molar-refractivity contribution < 1.29 is 9.59 Å². The third kappa shape index (κ3) is 8.14. The van der Waals surface area contributed by atoms with Crippen molar-refractivity contribution in [2.24, 2.45) is 0 Å². The van der Waals surface area contributed by atoms with Crippen molar-refractivity contribution >= 4 is 46.7 Å². The summed E-state index contributed by atoms with van der Waals surface area (Å²) in [7, 11) is 0. The normalized spacial score (nSPS) is 13.9. The maximum atomic E-state index is 12.1. The number of aromatic amines is 2. The number of nitrogens with one attached hydrogen (secondary N) is 4. The number of carbonyl (C=O) groups is 2. The van der Waals surface area contributed by atoms with E-state index in [1.807, 2.05) is 12.1 Å². The summed E-state index contributed by atoms with van der Waals surface area (Å²) in [5, 5.41) is 29.6. The van der Waals surface area contributed by atoms with E-state index in [1.165, 1.54) is 25.7 Å². The smallest absolute Gasteiger partial charge is 0.231 e. The first-order valence-electron chi connectivity index (χ1n) is 15.4. The van der Waals surface area contributed by atoms with Crippen LogP contribution in [0.4, 0.5) is 11.6 Å². The van der Waals surface area contributed by atoms with E-state index in [4.69, 9.17) is 23.2 Å². The zero-order valence-electron chi connectivity index (χ0n) is 25.5. The van der Waals surface area contributed by atoms with E-state index in [9.17, 15) is 9.59 Å². The third-order valence-corrected chi connectivity index (χ3v) is 8.09. The largest absolute Gasteiger partial charge is 0.309 e. The lowest BCUT2D eigenvalue weighted by Gasteiger charge is -2.01. The molecule has 0 atom stereocenters. The zero-order valence-corrected chi connectivity index (χ0v) is 27.0. The minimum Gasteiger partial charge on any atom is -0.309 e. The van der Waals surface area contributed by atoms with Crippen molar-refractivity contribution in [3.63, 3.8) is 0 Å². The van der Waals surface area contributed by atoms with Crippen LogP contribution in [0.15, 0.2) is 73.3 Å². The van der Waals surface area contributed by atoms with Gasteiger partial charge in [-0.3, -0.25) is 19.8 Å². The summed E-state index contributed by atoms with van der Waals surface area (Å²) in [6, 6.07) is 14.2. The topological polar surface area (TPSA) is 177 Å². The summed E-state index contributed by atoms with van der Waals surface area (Å²) in [5.41, 5.74) is 3.46. The van der Waals surface area contributed by atoms with Crippen LogP contribution in [-0.2, 0) is 22.4 Å². The van der Waals surface area contributed by atoms with Gasteiger partial charge >= 0.3 is 0 Å². The van der Waals surface area contributed by atoms with Gasteiger partial charge in [-0.05, 0) is 49.9 Å². The van der Waals surface area contributed by atoms with Crippen LogP contribution in [0.5, 0.6) is 0 Å². The highest BCUT2D eigenvalue weighted by Crippen LogP contribution is 2.40. The Morgan fingerprint density at radius 3 is 1.52 bits per heavy atom. The van der Waals surface area contributed by atoms with Gasteiger partial charge in [0.25, 0.3) is 0 Å². The molecule has 0 radical (unpaired) electrons. The van der Waals surface area contributed by atoms with Gasteiger partial charge in [-0.2, -0.15) is 20.4 Å². The van der Waals surface area contributed by atoms with Crippen LogP contribution in [0, 0.1) is 0 Å². The van der Waals surface area contributed by atoms with Gasteiger partial charge in [-0.15, -0.1) is 0 Å². The quantitative estimate of drug-likeness (QED) is 0.148. The van der Waals surface area contributed by atoms with E-state index in [-0.39, 0.29) is 24.7 Å². The summed E-state index contributed by atoms with van der Waals surface area (Å²) in [6.45, 7) is 0. The van der Waals surface area contributed by atoms with Crippen molar-refractivity contribution in [3.05, 3.63) is 106 Å². The molecular weight excluding hydrogens is 655 g/mol. The van der Waals surface area contributed by atoms with Crippen molar-refractivity contribution in [2.45, 2.75) is 50.4 Å². The van der Waals surface area contributed by atoms with Gasteiger partial charge in [0.1, 0.15) is 0 Å². The lowest BCUT2D eigenvalue weighted by Crippen LogP contribution is -2.15. The third-order valence-electron chi connectivity index (χ3n) is 7.62. The lowest BCUT2D eigenvalue weighted by atomic mass is 10.3. The van der Waals surface area contributed by atoms with Crippen LogP contribution in [0.2, 0.25) is 10.0 Å². The highest BCUT2D eigenvalue weighted by Gasteiger charge is 2.26. The van der Waals surface area contributed by atoms with E-state index < -0.39 is 0 Å². The van der Waals surface area contributed by atoms with E-state index >= 15 is 0 Å². The van der Waals surface area contributed by atoms with Crippen LogP contribution >= 0.6 is 23.2 Å². The molecule has 48 heavy (non-hydrogen) atoms. The molecule has 2 aliphatic rings. The van der Waals surface area contributed by atoms with Crippen molar-refractivity contribution in [2.75, 3.05) is 10.6 Å². The minimum atomic E-state index is -0.159. The summed E-state index contributed by atoms with van der Waals surface area (Å²) >= 11 is 11.9. The number of pyridine rings is 2. The number of rotatable bonds is 10. The number of halogens is 2. The summed E-state index contributed by atoms with van der Waals surface area (Å²) in [5.74, 6) is 3.15. The number of hydrogen-bond donors (Lipinski definition) is 4. The second-order valence-corrected chi connectivity index (χ2v) is 12.5. The van der Waals surface area contributed by atoms with Gasteiger partial charge in [0.15, 0.2) is 23.3 Å². The Balaban J connectivity index is 0.000000152. The first kappa shape index (κ1) is 31.3. The predicted octanol–water partition coefficient (Wildman–Crippen LogP) is 5.40. The van der Waals surface area contributed by atoms with Crippen LogP contribution in [-0.4, -0.2) is 61.7 Å². The van der Waals surface area contributed by atoms with Crippen molar-refractivity contribution in [3.8, 4) is 11.6 Å². The Labute approximate surface area is 284 Å². The first-order valence-corrected chi connectivity index (χ1v) is 16.1. The molecule has 6 heterocycles. The molecule has 0 aromatic carbocycles. The average molecular weight is 686 g/mol. The van der Waals surface area contributed by atoms with E-state index in [2.05, 4.69) is 51.2 Å². The number of nitrogens with zero attached hydrogens (tertiary/aromatic N) is 8. The van der Waals surface area contributed by atoms with Gasteiger partial charge < -0.3 is 10.6 Å². The fourth-order valence-electron chi connectivity index (χ4n) is 4.92. The second-order valence-electron chi connectivity index (χ2n) is 11.6. The highest BCUT2D eigenvalue weighted by atomic mass is 35.5. The number of anilines is 2. The molecular formula is C32H30Cl2N12O2. The molecule has 8 rings (SSSR count). The molecule has 2 aliphatic carbocycles. The lowest BCUT2D eigenvalue weighted by molar-refractivity contribution is -0.116. The number of amides is 2. The van der Waals surface area contributed by atoms with Crippen LogP contribution < -0.4 is 10.6 Å². The van der Waals surface area contributed by atoms with Crippen LogP contribution in [0.3, 0.4) is 0 Å². The molecule has 2 amide bonds. The highest BCUT2D eigenvalue weighted by molar-refractivity contribution is 6.31. The maximum absolute atomic E-state index is 12.1. The molecule has 0 spiro atoms. The van der Waals surface area contributed by atoms with Gasteiger partial charge in [0.05, 0.1) is 24.2 Å². The SMILES string of the molecule is O=C(Cc1ccn(-c2cc(Cl)ccn2)n1)Nc1cc(C2CC2)[nH]n1.O=C(Cc1ccn(-c2cc(Cl)ccn2)n1)Nc1cc(C2CC2)[nH]n1. The van der Waals surface area contributed by atoms with Crippen LogP contribution in [0.1, 0.15) is 60.3 Å². The first-order chi connectivity index (χ1) is 23.3.